The first-order chi connectivity index (χ1) is 15.2. The number of aromatic nitrogens is 2. The Morgan fingerprint density at radius 1 is 1.10 bits per heavy atom. The van der Waals surface area contributed by atoms with E-state index in [4.69, 9.17) is 4.98 Å². The van der Waals surface area contributed by atoms with Crippen molar-refractivity contribution in [2.24, 2.45) is 0 Å². The van der Waals surface area contributed by atoms with E-state index in [9.17, 15) is 9.90 Å². The number of carboxylic acids is 1. The lowest BCUT2D eigenvalue weighted by molar-refractivity contribution is -0.137. The summed E-state index contributed by atoms with van der Waals surface area (Å²) in [5, 5.41) is 13.9. The first-order valence-electron chi connectivity index (χ1n) is 11.5. The van der Waals surface area contributed by atoms with Gasteiger partial charge in [-0.3, -0.25) is 9.78 Å². The standard InChI is InChI=1S/C26H31N3O2/c30-25(31)17-20(22-16-21-9-5-6-12-24(21)28-18-22)8-3-1-2-4-11-23-14-13-19-10-7-15-27-26(19)29-23/h5-6,9,12-14,16,18,20H,1-4,7-8,10-11,15,17H2,(H,27,29)(H,30,31)/t20-/m1/s1. The van der Waals surface area contributed by atoms with Crippen LogP contribution in [-0.4, -0.2) is 27.6 Å². The third-order valence-corrected chi connectivity index (χ3v) is 6.19. The summed E-state index contributed by atoms with van der Waals surface area (Å²) in [6, 6.07) is 14.5. The zero-order valence-electron chi connectivity index (χ0n) is 18.0. The van der Waals surface area contributed by atoms with Gasteiger partial charge in [0.1, 0.15) is 5.82 Å². The normalized spacial score (nSPS) is 14.1. The molecule has 1 aliphatic rings. The smallest absolute Gasteiger partial charge is 0.303 e. The summed E-state index contributed by atoms with van der Waals surface area (Å²) in [4.78, 5) is 20.7. The van der Waals surface area contributed by atoms with Crippen LogP contribution in [0, 0.1) is 0 Å². The highest BCUT2D eigenvalue weighted by molar-refractivity contribution is 5.79. The van der Waals surface area contributed by atoms with Crippen molar-refractivity contribution < 1.29 is 9.90 Å². The van der Waals surface area contributed by atoms with Crippen molar-refractivity contribution in [3.8, 4) is 0 Å². The van der Waals surface area contributed by atoms with Crippen LogP contribution < -0.4 is 5.32 Å². The van der Waals surface area contributed by atoms with E-state index in [0.29, 0.717) is 0 Å². The lowest BCUT2D eigenvalue weighted by Gasteiger charge is -2.17. The Bertz CT molecular complexity index is 1030. The molecule has 3 aromatic rings. The van der Waals surface area contributed by atoms with E-state index in [1.54, 1.807) is 0 Å². The largest absolute Gasteiger partial charge is 0.481 e. The molecule has 0 fully saturated rings. The number of unbranched alkanes of at least 4 members (excludes halogenated alkanes) is 3. The van der Waals surface area contributed by atoms with Gasteiger partial charge in [0, 0.05) is 23.8 Å². The Hall–Kier alpha value is -2.95. The van der Waals surface area contributed by atoms with Crippen molar-refractivity contribution in [2.45, 2.75) is 63.7 Å². The summed E-state index contributed by atoms with van der Waals surface area (Å²) < 4.78 is 0. The van der Waals surface area contributed by atoms with Crippen molar-refractivity contribution in [3.63, 3.8) is 0 Å². The number of anilines is 1. The summed E-state index contributed by atoms with van der Waals surface area (Å²) in [5.74, 6) is 0.345. The molecule has 4 rings (SSSR count). The molecule has 0 saturated heterocycles. The minimum atomic E-state index is -0.745. The number of hydrogen-bond donors (Lipinski definition) is 2. The van der Waals surface area contributed by atoms with Crippen LogP contribution in [0.4, 0.5) is 5.82 Å². The van der Waals surface area contributed by atoms with Crippen LogP contribution >= 0.6 is 0 Å². The maximum absolute atomic E-state index is 11.4. The molecule has 0 radical (unpaired) electrons. The zero-order chi connectivity index (χ0) is 21.5. The number of para-hydroxylation sites is 1. The summed E-state index contributed by atoms with van der Waals surface area (Å²) in [6.07, 6.45) is 10.6. The number of carbonyl (C=O) groups is 1. The molecule has 31 heavy (non-hydrogen) atoms. The molecular formula is C26H31N3O2. The van der Waals surface area contributed by atoms with Crippen molar-refractivity contribution in [1.29, 1.82) is 0 Å². The van der Waals surface area contributed by atoms with E-state index in [1.165, 1.54) is 17.7 Å². The number of carboxylic acid groups (broad SMARTS) is 1. The van der Waals surface area contributed by atoms with E-state index in [2.05, 4.69) is 28.5 Å². The van der Waals surface area contributed by atoms with E-state index < -0.39 is 5.97 Å². The summed E-state index contributed by atoms with van der Waals surface area (Å²) in [5.41, 5.74) is 4.49. The number of aryl methyl sites for hydroxylation is 2. The molecule has 2 N–H and O–H groups in total. The molecule has 0 saturated carbocycles. The molecule has 3 heterocycles. The number of nitrogens with zero attached hydrogens (tertiary/aromatic N) is 2. The van der Waals surface area contributed by atoms with Crippen molar-refractivity contribution in [1.82, 2.24) is 9.97 Å². The first kappa shape index (κ1) is 21.3. The average Bonchev–Trinajstić information content (AvgIpc) is 2.80. The van der Waals surface area contributed by atoms with Crippen LogP contribution in [0.25, 0.3) is 10.9 Å². The highest BCUT2D eigenvalue weighted by Crippen LogP contribution is 2.28. The molecule has 0 aliphatic carbocycles. The number of nitrogens with one attached hydrogen (secondary N) is 1. The molecule has 0 spiro atoms. The minimum Gasteiger partial charge on any atom is -0.481 e. The second-order valence-electron chi connectivity index (χ2n) is 8.55. The Morgan fingerprint density at radius 2 is 1.97 bits per heavy atom. The average molecular weight is 418 g/mol. The van der Waals surface area contributed by atoms with Gasteiger partial charge in [0.2, 0.25) is 0 Å². The van der Waals surface area contributed by atoms with Crippen LogP contribution in [0.2, 0.25) is 0 Å². The Kier molecular flexibility index (Phi) is 7.13. The van der Waals surface area contributed by atoms with Gasteiger partial charge in [-0.1, -0.05) is 43.5 Å². The maximum atomic E-state index is 11.4. The predicted molar refractivity (Wildman–Crippen MR) is 125 cm³/mol. The third-order valence-electron chi connectivity index (χ3n) is 6.19. The Morgan fingerprint density at radius 3 is 2.87 bits per heavy atom. The summed E-state index contributed by atoms with van der Waals surface area (Å²) >= 11 is 0. The Balaban J connectivity index is 1.25. The fourth-order valence-electron chi connectivity index (χ4n) is 4.47. The molecule has 0 unspecified atom stereocenters. The molecule has 2 aromatic heterocycles. The van der Waals surface area contributed by atoms with E-state index >= 15 is 0 Å². The second kappa shape index (κ2) is 10.4. The Labute approximate surface area is 183 Å². The SMILES string of the molecule is O=C(O)C[C@@H](CCCCCCc1ccc2c(n1)NCCC2)c1cnc2ccccc2c1. The van der Waals surface area contributed by atoms with Gasteiger partial charge in [-0.05, 0) is 67.3 Å². The first-order valence-corrected chi connectivity index (χ1v) is 11.5. The fraction of sp³-hybridized carbons (Fsp3) is 0.423. The topological polar surface area (TPSA) is 75.1 Å². The number of benzene rings is 1. The lowest BCUT2D eigenvalue weighted by Crippen LogP contribution is -2.13. The maximum Gasteiger partial charge on any atom is 0.303 e. The van der Waals surface area contributed by atoms with Gasteiger partial charge >= 0.3 is 5.97 Å². The molecule has 1 aliphatic heterocycles. The van der Waals surface area contributed by atoms with E-state index in [-0.39, 0.29) is 12.3 Å². The van der Waals surface area contributed by atoms with Gasteiger partial charge in [-0.2, -0.15) is 0 Å². The van der Waals surface area contributed by atoms with Crippen molar-refractivity contribution >= 4 is 22.7 Å². The van der Waals surface area contributed by atoms with Crippen LogP contribution in [0.15, 0.2) is 48.7 Å². The van der Waals surface area contributed by atoms with Crippen LogP contribution in [0.5, 0.6) is 0 Å². The molecule has 5 heteroatoms. The molecule has 0 bridgehead atoms. The third kappa shape index (κ3) is 5.81. The number of fused-ring (bicyclic) bond motifs is 2. The van der Waals surface area contributed by atoms with Crippen LogP contribution in [-0.2, 0) is 17.6 Å². The summed E-state index contributed by atoms with van der Waals surface area (Å²) in [6.45, 7) is 1.02. The van der Waals surface area contributed by atoms with Crippen LogP contribution in [0.1, 0.15) is 67.7 Å². The highest BCUT2D eigenvalue weighted by Gasteiger charge is 2.16. The quantitative estimate of drug-likeness (QED) is 0.412. The highest BCUT2D eigenvalue weighted by atomic mass is 16.4. The van der Waals surface area contributed by atoms with Crippen LogP contribution in [0.3, 0.4) is 0 Å². The van der Waals surface area contributed by atoms with E-state index in [1.807, 2.05) is 30.5 Å². The van der Waals surface area contributed by atoms with Crippen molar-refractivity contribution in [3.05, 3.63) is 65.5 Å². The molecule has 162 valence electrons. The summed E-state index contributed by atoms with van der Waals surface area (Å²) in [7, 11) is 0. The van der Waals surface area contributed by atoms with Gasteiger partial charge in [-0.15, -0.1) is 0 Å². The van der Waals surface area contributed by atoms with Gasteiger partial charge in [0.25, 0.3) is 0 Å². The van der Waals surface area contributed by atoms with Gasteiger partial charge in [0.15, 0.2) is 0 Å². The van der Waals surface area contributed by atoms with E-state index in [0.717, 1.165) is 73.8 Å². The predicted octanol–water partition coefficient (Wildman–Crippen LogP) is 5.74. The van der Waals surface area contributed by atoms with Gasteiger partial charge in [0.05, 0.1) is 11.9 Å². The number of aliphatic carboxylic acids is 1. The van der Waals surface area contributed by atoms with Gasteiger partial charge < -0.3 is 10.4 Å². The monoisotopic (exact) mass is 417 g/mol. The lowest BCUT2D eigenvalue weighted by atomic mass is 9.90. The number of rotatable bonds is 10. The molecule has 1 atom stereocenters. The van der Waals surface area contributed by atoms with Crippen molar-refractivity contribution in [2.75, 3.05) is 11.9 Å². The molecule has 5 nitrogen and oxygen atoms in total. The molecular weight excluding hydrogens is 386 g/mol. The number of hydrogen-bond acceptors (Lipinski definition) is 4. The molecule has 1 aromatic carbocycles. The van der Waals surface area contributed by atoms with Gasteiger partial charge in [-0.25, -0.2) is 4.98 Å². The second-order valence-corrected chi connectivity index (χ2v) is 8.55. The number of pyridine rings is 2. The zero-order valence-corrected chi connectivity index (χ0v) is 18.0. The molecule has 0 amide bonds. The minimum absolute atomic E-state index is 0.0167. The fourth-order valence-corrected chi connectivity index (χ4v) is 4.47.